The zero-order valence-corrected chi connectivity index (χ0v) is 14.7. The second-order valence-corrected chi connectivity index (χ2v) is 7.20. The number of hydrogen-bond donors (Lipinski definition) is 1. The maximum Gasteiger partial charge on any atom is 0.151 e. The monoisotopic (exact) mass is 365 g/mol. The van der Waals surface area contributed by atoms with Gasteiger partial charge in [0.1, 0.15) is 17.3 Å². The van der Waals surface area contributed by atoms with Gasteiger partial charge >= 0.3 is 0 Å². The Morgan fingerprint density at radius 1 is 1.08 bits per heavy atom. The zero-order valence-electron chi connectivity index (χ0n) is 13.9. The lowest BCUT2D eigenvalue weighted by molar-refractivity contribution is -0.122. The highest BCUT2D eigenvalue weighted by Gasteiger charge is 2.42. The van der Waals surface area contributed by atoms with Crippen molar-refractivity contribution >= 4 is 28.9 Å². The van der Waals surface area contributed by atoms with Crippen LogP contribution in [0.5, 0.6) is 0 Å². The number of carbonyl (C=O) groups is 1. The van der Waals surface area contributed by atoms with E-state index < -0.39 is 0 Å². The summed E-state index contributed by atoms with van der Waals surface area (Å²) >= 11 is 5.97. The molecule has 3 heterocycles. The number of furan rings is 1. The van der Waals surface area contributed by atoms with Gasteiger partial charge in [-0.1, -0.05) is 11.6 Å². The number of nitrogens with one attached hydrogen (secondary N) is 1. The van der Waals surface area contributed by atoms with E-state index in [1.54, 1.807) is 6.20 Å². The van der Waals surface area contributed by atoms with E-state index in [0.717, 1.165) is 47.0 Å². The van der Waals surface area contributed by atoms with Crippen LogP contribution >= 0.6 is 11.6 Å². The van der Waals surface area contributed by atoms with Crippen molar-refractivity contribution in [1.29, 1.82) is 0 Å². The number of ketones is 1. The molecule has 1 aliphatic carbocycles. The molecule has 2 unspecified atom stereocenters. The fraction of sp³-hybridized carbons (Fsp3) is 0.250. The predicted octanol–water partition coefficient (Wildman–Crippen LogP) is 4.91. The van der Waals surface area contributed by atoms with Crippen LogP contribution in [-0.2, 0) is 4.79 Å². The number of carbonyl (C=O) groups excluding carboxylic acids is 1. The van der Waals surface area contributed by atoms with Crippen LogP contribution < -0.4 is 0 Å². The summed E-state index contributed by atoms with van der Waals surface area (Å²) < 4.78 is 6.18. The average molecular weight is 366 g/mol. The van der Waals surface area contributed by atoms with Gasteiger partial charge in [-0.25, -0.2) is 4.99 Å². The lowest BCUT2D eigenvalue weighted by atomic mass is 9.72. The number of Topliss-reactive ketones (excluding diaryl/α,β-unsaturated/α-hetero) is 1. The molecule has 130 valence electrons. The molecule has 0 radical (unpaired) electrons. The first-order chi connectivity index (χ1) is 12.7. The molecule has 0 saturated heterocycles. The quantitative estimate of drug-likeness (QED) is 0.701. The minimum atomic E-state index is -0.252. The minimum absolute atomic E-state index is 0.176. The largest absolute Gasteiger partial charge is 0.460 e. The third kappa shape index (κ3) is 2.42. The normalized spacial score (nSPS) is 21.9. The van der Waals surface area contributed by atoms with Gasteiger partial charge in [0.05, 0.1) is 18.0 Å². The van der Waals surface area contributed by atoms with Gasteiger partial charge in [-0.05, 0) is 49.2 Å². The number of halogens is 1. The van der Waals surface area contributed by atoms with Crippen LogP contribution in [0.4, 0.5) is 5.82 Å². The Hall–Kier alpha value is -2.66. The number of rotatable bonds is 2. The number of nitrogens with zero attached hydrogens (tertiary/aromatic N) is 2. The molecule has 1 aliphatic heterocycles. The van der Waals surface area contributed by atoms with E-state index in [9.17, 15) is 4.79 Å². The van der Waals surface area contributed by atoms with Crippen molar-refractivity contribution in [2.24, 2.45) is 10.9 Å². The summed E-state index contributed by atoms with van der Waals surface area (Å²) in [5.74, 6) is 2.07. The second-order valence-electron chi connectivity index (χ2n) is 6.76. The Labute approximate surface area is 155 Å². The molecule has 1 N–H and O–H groups in total. The summed E-state index contributed by atoms with van der Waals surface area (Å²) in [5.41, 5.74) is 2.81. The number of aromatic nitrogens is 2. The number of hydrogen-bond acceptors (Lipinski definition) is 4. The van der Waals surface area contributed by atoms with Crippen LogP contribution in [0.3, 0.4) is 0 Å². The highest BCUT2D eigenvalue weighted by molar-refractivity contribution is 6.30. The predicted molar refractivity (Wildman–Crippen MR) is 99.0 cm³/mol. The number of H-pyrrole nitrogens is 1. The Bertz CT molecular complexity index is 1020. The van der Waals surface area contributed by atoms with Gasteiger partial charge in [0.15, 0.2) is 5.82 Å². The number of aliphatic imine (C=N–C) groups is 1. The summed E-state index contributed by atoms with van der Waals surface area (Å²) in [5, 5.41) is 7.77. The molecule has 26 heavy (non-hydrogen) atoms. The highest BCUT2D eigenvalue weighted by atomic mass is 35.5. The molecule has 5 rings (SSSR count). The van der Waals surface area contributed by atoms with Crippen molar-refractivity contribution in [2.75, 3.05) is 0 Å². The SMILES string of the molecule is O=C1CCCC2=Nc3[nH]ncc3C(c3ccc(-c4ccc(Cl)cc4)o3)C12. The highest BCUT2D eigenvalue weighted by Crippen LogP contribution is 2.45. The van der Waals surface area contributed by atoms with Crippen LogP contribution in [0.2, 0.25) is 5.02 Å². The molecule has 2 atom stereocenters. The van der Waals surface area contributed by atoms with Crippen LogP contribution in [-0.4, -0.2) is 21.7 Å². The van der Waals surface area contributed by atoms with E-state index in [0.29, 0.717) is 11.4 Å². The number of aromatic amines is 1. The molecule has 0 spiro atoms. The van der Waals surface area contributed by atoms with Crippen LogP contribution in [0, 0.1) is 5.92 Å². The van der Waals surface area contributed by atoms with Gasteiger partial charge in [0, 0.05) is 28.3 Å². The third-order valence-electron chi connectivity index (χ3n) is 5.20. The zero-order chi connectivity index (χ0) is 17.7. The van der Waals surface area contributed by atoms with Crippen LogP contribution in [0.25, 0.3) is 11.3 Å². The summed E-state index contributed by atoms with van der Waals surface area (Å²) in [6, 6.07) is 11.4. The van der Waals surface area contributed by atoms with Gasteiger partial charge in [-0.15, -0.1) is 0 Å². The topological polar surface area (TPSA) is 71.2 Å². The maximum absolute atomic E-state index is 12.7. The molecule has 0 bridgehead atoms. The van der Waals surface area contributed by atoms with Crippen molar-refractivity contribution in [2.45, 2.75) is 25.2 Å². The summed E-state index contributed by atoms with van der Waals surface area (Å²) in [7, 11) is 0. The molecule has 5 nitrogen and oxygen atoms in total. The maximum atomic E-state index is 12.7. The van der Waals surface area contributed by atoms with E-state index >= 15 is 0 Å². The van der Waals surface area contributed by atoms with E-state index in [2.05, 4.69) is 15.2 Å². The molecule has 1 saturated carbocycles. The lowest BCUT2D eigenvalue weighted by Gasteiger charge is -2.32. The smallest absolute Gasteiger partial charge is 0.151 e. The summed E-state index contributed by atoms with van der Waals surface area (Å²) in [6.07, 6.45) is 4.05. The first-order valence-corrected chi connectivity index (χ1v) is 9.07. The fourth-order valence-electron chi connectivity index (χ4n) is 3.98. The van der Waals surface area contributed by atoms with Gasteiger partial charge < -0.3 is 4.42 Å². The molecular formula is C20H16ClN3O2. The van der Waals surface area contributed by atoms with E-state index in [4.69, 9.17) is 16.0 Å². The fourth-order valence-corrected chi connectivity index (χ4v) is 4.11. The standard InChI is InChI=1S/C20H16ClN3O2/c21-12-6-4-11(5-7-12)16-8-9-17(26-16)18-13-10-22-24-20(13)23-14-2-1-3-15(25)19(14)18/h4-10,18-19H,1-3H2,(H,22,24). The van der Waals surface area contributed by atoms with Gasteiger partial charge in [0.2, 0.25) is 0 Å². The average Bonchev–Trinajstić information content (AvgIpc) is 3.30. The van der Waals surface area contributed by atoms with Crippen molar-refractivity contribution in [3.8, 4) is 11.3 Å². The van der Waals surface area contributed by atoms with Crippen molar-refractivity contribution in [1.82, 2.24) is 10.2 Å². The second kappa shape index (κ2) is 5.95. The molecule has 2 aromatic heterocycles. The molecule has 2 aliphatic rings. The Balaban J connectivity index is 1.59. The van der Waals surface area contributed by atoms with Gasteiger partial charge in [-0.3, -0.25) is 9.89 Å². The van der Waals surface area contributed by atoms with Crippen molar-refractivity contribution < 1.29 is 9.21 Å². The third-order valence-corrected chi connectivity index (χ3v) is 5.45. The number of benzene rings is 1. The molecule has 3 aromatic rings. The molecule has 1 fully saturated rings. The molecule has 6 heteroatoms. The van der Waals surface area contributed by atoms with E-state index in [1.165, 1.54) is 0 Å². The summed E-state index contributed by atoms with van der Waals surface area (Å²) in [4.78, 5) is 17.3. The lowest BCUT2D eigenvalue weighted by Crippen LogP contribution is -2.36. The molecule has 0 amide bonds. The first kappa shape index (κ1) is 15.6. The van der Waals surface area contributed by atoms with Gasteiger partial charge in [0.25, 0.3) is 0 Å². The van der Waals surface area contributed by atoms with Crippen molar-refractivity contribution in [3.05, 3.63) is 58.9 Å². The van der Waals surface area contributed by atoms with Crippen molar-refractivity contribution in [3.63, 3.8) is 0 Å². The molecule has 1 aromatic carbocycles. The minimum Gasteiger partial charge on any atom is -0.460 e. The first-order valence-electron chi connectivity index (χ1n) is 8.70. The van der Waals surface area contributed by atoms with E-state index in [-0.39, 0.29) is 17.6 Å². The van der Waals surface area contributed by atoms with Crippen LogP contribution in [0.15, 0.2) is 52.0 Å². The van der Waals surface area contributed by atoms with Crippen LogP contribution in [0.1, 0.15) is 36.5 Å². The summed E-state index contributed by atoms with van der Waals surface area (Å²) in [6.45, 7) is 0. The number of fused-ring (bicyclic) bond motifs is 2. The van der Waals surface area contributed by atoms with E-state index in [1.807, 2.05) is 36.4 Å². The van der Waals surface area contributed by atoms with Gasteiger partial charge in [-0.2, -0.15) is 5.10 Å². The molecular weight excluding hydrogens is 350 g/mol. The Morgan fingerprint density at radius 2 is 1.92 bits per heavy atom. The Morgan fingerprint density at radius 3 is 2.77 bits per heavy atom. The Kier molecular flexibility index (Phi) is 3.57.